The van der Waals surface area contributed by atoms with Crippen molar-refractivity contribution in [2.45, 2.75) is 6.42 Å². The summed E-state index contributed by atoms with van der Waals surface area (Å²) in [5, 5.41) is 8.76. The fraction of sp³-hybridized carbons (Fsp3) is 0.429. The average molecular weight is 340 g/mol. The molecule has 1 aromatic carbocycles. The van der Waals surface area contributed by atoms with Crippen molar-refractivity contribution in [3.63, 3.8) is 0 Å². The Labute approximate surface area is 126 Å². The second kappa shape index (κ2) is 7.40. The van der Waals surface area contributed by atoms with Crippen LogP contribution in [0.5, 0.6) is 0 Å². The number of benzene rings is 1. The van der Waals surface area contributed by atoms with Gasteiger partial charge >= 0.3 is 0 Å². The summed E-state index contributed by atoms with van der Waals surface area (Å²) in [4.78, 5) is 23.4. The fourth-order valence-electron chi connectivity index (χ4n) is 1.83. The molecular formula is C14H18BrN3O2. The molecule has 1 fully saturated rings. The second-order valence-corrected chi connectivity index (χ2v) is 5.76. The van der Waals surface area contributed by atoms with Crippen LogP contribution in [0.3, 0.4) is 0 Å². The highest BCUT2D eigenvalue weighted by Crippen LogP contribution is 2.10. The van der Waals surface area contributed by atoms with Gasteiger partial charge in [0.1, 0.15) is 0 Å². The largest absolute Gasteiger partial charge is 0.356 e. The first-order valence-electron chi connectivity index (χ1n) is 6.66. The maximum absolute atomic E-state index is 11.8. The Kier molecular flexibility index (Phi) is 5.55. The lowest BCUT2D eigenvalue weighted by atomic mass is 10.0. The lowest BCUT2D eigenvalue weighted by Crippen LogP contribution is -2.48. The summed E-state index contributed by atoms with van der Waals surface area (Å²) in [6.45, 7) is 3.01. The van der Waals surface area contributed by atoms with E-state index in [4.69, 9.17) is 0 Å². The van der Waals surface area contributed by atoms with Crippen LogP contribution in [0, 0.1) is 5.92 Å². The van der Waals surface area contributed by atoms with E-state index in [-0.39, 0.29) is 11.8 Å². The molecule has 0 spiro atoms. The number of carbonyl (C=O) groups excluding carboxylic acids is 2. The van der Waals surface area contributed by atoms with Gasteiger partial charge in [-0.25, -0.2) is 0 Å². The standard InChI is InChI=1S/C14H18BrN3O2/c15-12-3-1-11(2-4-12)14(20)17-6-5-13(19)18-9-10-7-16-8-10/h1-4,10,16H,5-9H2,(H,17,20)(H,18,19). The lowest BCUT2D eigenvalue weighted by molar-refractivity contribution is -0.121. The maximum atomic E-state index is 11.8. The van der Waals surface area contributed by atoms with Crippen LogP contribution < -0.4 is 16.0 Å². The van der Waals surface area contributed by atoms with Gasteiger partial charge in [0.05, 0.1) is 0 Å². The molecule has 0 aromatic heterocycles. The first-order chi connectivity index (χ1) is 9.65. The number of hydrogen-bond donors (Lipinski definition) is 3. The highest BCUT2D eigenvalue weighted by atomic mass is 79.9. The molecule has 2 amide bonds. The quantitative estimate of drug-likeness (QED) is 0.721. The molecule has 0 saturated carbocycles. The topological polar surface area (TPSA) is 70.2 Å². The van der Waals surface area contributed by atoms with E-state index in [1.165, 1.54) is 0 Å². The molecule has 0 atom stereocenters. The second-order valence-electron chi connectivity index (χ2n) is 4.84. The zero-order chi connectivity index (χ0) is 14.4. The predicted molar refractivity (Wildman–Crippen MR) is 80.5 cm³/mol. The fourth-order valence-corrected chi connectivity index (χ4v) is 2.10. The molecule has 6 heteroatoms. The van der Waals surface area contributed by atoms with Gasteiger partial charge < -0.3 is 16.0 Å². The van der Waals surface area contributed by atoms with E-state index in [1.54, 1.807) is 12.1 Å². The molecule has 0 radical (unpaired) electrons. The van der Waals surface area contributed by atoms with Crippen molar-refractivity contribution in [2.24, 2.45) is 5.92 Å². The van der Waals surface area contributed by atoms with Crippen molar-refractivity contribution in [3.8, 4) is 0 Å². The summed E-state index contributed by atoms with van der Waals surface area (Å²) >= 11 is 3.32. The molecule has 2 rings (SSSR count). The molecule has 5 nitrogen and oxygen atoms in total. The summed E-state index contributed by atoms with van der Waals surface area (Å²) < 4.78 is 0.930. The maximum Gasteiger partial charge on any atom is 0.251 e. The normalized spacial score (nSPS) is 14.4. The Morgan fingerprint density at radius 1 is 1.20 bits per heavy atom. The summed E-state index contributed by atoms with van der Waals surface area (Å²) in [5.41, 5.74) is 0.592. The SMILES string of the molecule is O=C(CCNC(=O)c1ccc(Br)cc1)NCC1CNC1. The lowest BCUT2D eigenvalue weighted by Gasteiger charge is -2.27. The van der Waals surface area contributed by atoms with Gasteiger partial charge in [-0.2, -0.15) is 0 Å². The molecule has 3 N–H and O–H groups in total. The summed E-state index contributed by atoms with van der Waals surface area (Å²) in [6.07, 6.45) is 0.308. The van der Waals surface area contributed by atoms with Gasteiger partial charge in [0, 0.05) is 48.6 Å². The molecular weight excluding hydrogens is 322 g/mol. The Bertz CT molecular complexity index is 472. The van der Waals surface area contributed by atoms with Gasteiger partial charge in [0.2, 0.25) is 5.91 Å². The van der Waals surface area contributed by atoms with E-state index in [0.717, 1.165) is 17.6 Å². The molecule has 0 bridgehead atoms. The highest BCUT2D eigenvalue weighted by molar-refractivity contribution is 9.10. The smallest absolute Gasteiger partial charge is 0.251 e. The summed E-state index contributed by atoms with van der Waals surface area (Å²) in [6, 6.07) is 7.11. The van der Waals surface area contributed by atoms with Crippen molar-refractivity contribution in [2.75, 3.05) is 26.2 Å². The molecule has 0 unspecified atom stereocenters. The van der Waals surface area contributed by atoms with E-state index < -0.39 is 0 Å². The third-order valence-corrected chi connectivity index (χ3v) is 3.73. The van der Waals surface area contributed by atoms with Gasteiger partial charge in [-0.05, 0) is 24.3 Å². The number of nitrogens with one attached hydrogen (secondary N) is 3. The molecule has 20 heavy (non-hydrogen) atoms. The van der Waals surface area contributed by atoms with Crippen LogP contribution in [-0.2, 0) is 4.79 Å². The van der Waals surface area contributed by atoms with Crippen molar-refractivity contribution in [1.82, 2.24) is 16.0 Å². The van der Waals surface area contributed by atoms with E-state index in [1.807, 2.05) is 12.1 Å². The van der Waals surface area contributed by atoms with Gasteiger partial charge in [-0.15, -0.1) is 0 Å². The predicted octanol–water partition coefficient (Wildman–Crippen LogP) is 0.905. The van der Waals surface area contributed by atoms with Crippen LogP contribution in [0.1, 0.15) is 16.8 Å². The number of rotatable bonds is 6. The highest BCUT2D eigenvalue weighted by Gasteiger charge is 2.16. The molecule has 108 valence electrons. The van der Waals surface area contributed by atoms with Crippen LogP contribution in [0.2, 0.25) is 0 Å². The van der Waals surface area contributed by atoms with Gasteiger partial charge in [0.15, 0.2) is 0 Å². The third kappa shape index (κ3) is 4.61. The minimum atomic E-state index is -0.159. The van der Waals surface area contributed by atoms with E-state index in [2.05, 4.69) is 31.9 Å². The van der Waals surface area contributed by atoms with Gasteiger partial charge in [-0.1, -0.05) is 15.9 Å². The molecule has 1 aliphatic rings. The van der Waals surface area contributed by atoms with Crippen LogP contribution in [0.15, 0.2) is 28.7 Å². The number of carbonyl (C=O) groups is 2. The Morgan fingerprint density at radius 2 is 1.90 bits per heavy atom. The van der Waals surface area contributed by atoms with Gasteiger partial charge in [-0.3, -0.25) is 9.59 Å². The van der Waals surface area contributed by atoms with E-state index in [9.17, 15) is 9.59 Å². The number of amides is 2. The number of halogens is 1. The molecule has 1 aromatic rings. The Balaban J connectivity index is 1.63. The Morgan fingerprint density at radius 3 is 2.50 bits per heavy atom. The van der Waals surface area contributed by atoms with Crippen molar-refractivity contribution in [1.29, 1.82) is 0 Å². The zero-order valence-electron chi connectivity index (χ0n) is 11.1. The monoisotopic (exact) mass is 339 g/mol. The molecule has 0 aliphatic carbocycles. The average Bonchev–Trinajstić information content (AvgIpc) is 2.37. The van der Waals surface area contributed by atoms with Crippen LogP contribution in [0.25, 0.3) is 0 Å². The first-order valence-corrected chi connectivity index (χ1v) is 7.45. The van der Waals surface area contributed by atoms with Crippen LogP contribution >= 0.6 is 15.9 Å². The third-order valence-electron chi connectivity index (χ3n) is 3.20. The molecule has 1 heterocycles. The summed E-state index contributed by atoms with van der Waals surface area (Å²) in [7, 11) is 0. The first kappa shape index (κ1) is 15.0. The minimum absolute atomic E-state index is 0.0204. The van der Waals surface area contributed by atoms with Gasteiger partial charge in [0.25, 0.3) is 5.91 Å². The van der Waals surface area contributed by atoms with Crippen molar-refractivity contribution >= 4 is 27.7 Å². The van der Waals surface area contributed by atoms with Crippen LogP contribution in [-0.4, -0.2) is 38.0 Å². The van der Waals surface area contributed by atoms with Crippen molar-refractivity contribution in [3.05, 3.63) is 34.3 Å². The zero-order valence-corrected chi connectivity index (χ0v) is 12.7. The van der Waals surface area contributed by atoms with Crippen LogP contribution in [0.4, 0.5) is 0 Å². The Hall–Kier alpha value is -1.40. The minimum Gasteiger partial charge on any atom is -0.356 e. The molecule has 1 saturated heterocycles. The van der Waals surface area contributed by atoms with E-state index in [0.29, 0.717) is 31.0 Å². The number of hydrogen-bond acceptors (Lipinski definition) is 3. The van der Waals surface area contributed by atoms with E-state index >= 15 is 0 Å². The molecule has 1 aliphatic heterocycles. The summed E-state index contributed by atoms with van der Waals surface area (Å²) in [5.74, 6) is 0.373. The van der Waals surface area contributed by atoms with Crippen molar-refractivity contribution < 1.29 is 9.59 Å².